The lowest BCUT2D eigenvalue weighted by atomic mass is 10.1. The zero-order chi connectivity index (χ0) is 12.8. The monoisotopic (exact) mass is 237 g/mol. The third-order valence-electron chi connectivity index (χ3n) is 3.06. The van der Waals surface area contributed by atoms with Gasteiger partial charge in [0, 0.05) is 30.4 Å². The van der Waals surface area contributed by atoms with Gasteiger partial charge in [-0.1, -0.05) is 27.7 Å². The Bertz CT molecular complexity index is 326. The van der Waals surface area contributed by atoms with Crippen LogP contribution in [0.4, 0.5) is 0 Å². The van der Waals surface area contributed by atoms with Crippen LogP contribution < -0.4 is 5.32 Å². The maximum Gasteiger partial charge on any atom is 0.0537 e. The fraction of sp³-hybridized carbons (Fsp3) is 0.786. The lowest BCUT2D eigenvalue weighted by molar-refractivity contribution is 0.483. The number of aromatic nitrogens is 2. The van der Waals surface area contributed by atoms with E-state index in [1.54, 1.807) is 0 Å². The lowest BCUT2D eigenvalue weighted by Crippen LogP contribution is -2.22. The van der Waals surface area contributed by atoms with Gasteiger partial charge in [0.1, 0.15) is 0 Å². The van der Waals surface area contributed by atoms with Gasteiger partial charge in [-0.2, -0.15) is 5.10 Å². The molecule has 1 rings (SSSR count). The summed E-state index contributed by atoms with van der Waals surface area (Å²) in [5.41, 5.74) is 2.63. The van der Waals surface area contributed by atoms with Gasteiger partial charge in [-0.15, -0.1) is 0 Å². The number of aryl methyl sites for hydroxylation is 1. The lowest BCUT2D eigenvalue weighted by Gasteiger charge is -2.09. The van der Waals surface area contributed by atoms with E-state index in [2.05, 4.69) is 49.7 Å². The van der Waals surface area contributed by atoms with Gasteiger partial charge in [-0.25, -0.2) is 0 Å². The molecular weight excluding hydrogens is 210 g/mol. The summed E-state index contributed by atoms with van der Waals surface area (Å²) in [6.07, 6.45) is 4.50. The fourth-order valence-corrected chi connectivity index (χ4v) is 1.85. The maximum absolute atomic E-state index is 4.47. The quantitative estimate of drug-likeness (QED) is 0.789. The number of nitrogens with one attached hydrogen (secondary N) is 1. The molecule has 0 aliphatic heterocycles. The summed E-state index contributed by atoms with van der Waals surface area (Å²) in [5.74, 6) is 0.785. The molecular formula is C14H27N3. The fourth-order valence-electron chi connectivity index (χ4n) is 1.85. The van der Waals surface area contributed by atoms with Crippen molar-refractivity contribution in [2.75, 3.05) is 0 Å². The molecule has 3 heteroatoms. The minimum Gasteiger partial charge on any atom is -0.310 e. The SMILES string of the molecule is Cc1c(CNC(C)C)cnn1CCCC(C)C. The van der Waals surface area contributed by atoms with Crippen molar-refractivity contribution < 1.29 is 0 Å². The molecule has 1 heterocycles. The first-order chi connectivity index (χ1) is 8.00. The van der Waals surface area contributed by atoms with Crippen LogP contribution >= 0.6 is 0 Å². The second kappa shape index (κ2) is 6.80. The van der Waals surface area contributed by atoms with Crippen LogP contribution in [0.2, 0.25) is 0 Å². The molecule has 0 unspecified atom stereocenters. The summed E-state index contributed by atoms with van der Waals surface area (Å²) in [5, 5.41) is 7.90. The summed E-state index contributed by atoms with van der Waals surface area (Å²) in [6, 6.07) is 0.527. The molecule has 1 N–H and O–H groups in total. The molecule has 0 aliphatic rings. The summed E-state index contributed by atoms with van der Waals surface area (Å²) in [7, 11) is 0. The number of hydrogen-bond donors (Lipinski definition) is 1. The van der Waals surface area contributed by atoms with Crippen LogP contribution in [0.15, 0.2) is 6.20 Å². The van der Waals surface area contributed by atoms with E-state index in [0.29, 0.717) is 6.04 Å². The highest BCUT2D eigenvalue weighted by molar-refractivity contribution is 5.15. The van der Waals surface area contributed by atoms with Crippen LogP contribution in [-0.4, -0.2) is 15.8 Å². The minimum absolute atomic E-state index is 0.527. The van der Waals surface area contributed by atoms with Crippen LogP contribution in [0, 0.1) is 12.8 Å². The number of nitrogens with zero attached hydrogens (tertiary/aromatic N) is 2. The van der Waals surface area contributed by atoms with Gasteiger partial charge < -0.3 is 5.32 Å². The standard InChI is InChI=1S/C14H27N3/c1-11(2)7-6-8-17-13(5)14(10-16-17)9-15-12(3)4/h10-12,15H,6-9H2,1-5H3. The molecule has 98 valence electrons. The summed E-state index contributed by atoms with van der Waals surface area (Å²) >= 11 is 0. The van der Waals surface area contributed by atoms with Crippen LogP contribution in [0.5, 0.6) is 0 Å². The molecule has 0 spiro atoms. The zero-order valence-electron chi connectivity index (χ0n) is 12.0. The van der Waals surface area contributed by atoms with Crippen molar-refractivity contribution in [3.8, 4) is 0 Å². The molecule has 0 saturated heterocycles. The van der Waals surface area contributed by atoms with Gasteiger partial charge in [0.25, 0.3) is 0 Å². The smallest absolute Gasteiger partial charge is 0.0537 e. The first-order valence-electron chi connectivity index (χ1n) is 6.75. The van der Waals surface area contributed by atoms with Crippen LogP contribution in [0.25, 0.3) is 0 Å². The third kappa shape index (κ3) is 4.90. The van der Waals surface area contributed by atoms with E-state index < -0.39 is 0 Å². The molecule has 0 atom stereocenters. The first-order valence-corrected chi connectivity index (χ1v) is 6.75. The molecule has 0 fully saturated rings. The summed E-state index contributed by atoms with van der Waals surface area (Å²) < 4.78 is 2.14. The molecule has 0 radical (unpaired) electrons. The molecule has 0 aliphatic carbocycles. The van der Waals surface area contributed by atoms with Crippen LogP contribution in [0.3, 0.4) is 0 Å². The van der Waals surface area contributed by atoms with E-state index >= 15 is 0 Å². The predicted octanol–water partition coefficient (Wildman–Crippen LogP) is 3.13. The van der Waals surface area contributed by atoms with Crippen molar-refractivity contribution in [3.63, 3.8) is 0 Å². The van der Waals surface area contributed by atoms with Gasteiger partial charge in [0.15, 0.2) is 0 Å². The van der Waals surface area contributed by atoms with Gasteiger partial charge in [0.05, 0.1) is 6.20 Å². The number of hydrogen-bond acceptors (Lipinski definition) is 2. The Morgan fingerprint density at radius 2 is 2.00 bits per heavy atom. The van der Waals surface area contributed by atoms with Crippen molar-refractivity contribution >= 4 is 0 Å². The molecule has 17 heavy (non-hydrogen) atoms. The van der Waals surface area contributed by atoms with Crippen molar-refractivity contribution in [2.24, 2.45) is 5.92 Å². The summed E-state index contributed by atoms with van der Waals surface area (Å²) in [6.45, 7) is 13.0. The Morgan fingerprint density at radius 3 is 2.59 bits per heavy atom. The molecule has 1 aromatic heterocycles. The van der Waals surface area contributed by atoms with E-state index in [1.165, 1.54) is 24.1 Å². The Morgan fingerprint density at radius 1 is 1.29 bits per heavy atom. The van der Waals surface area contributed by atoms with Crippen molar-refractivity contribution in [1.82, 2.24) is 15.1 Å². The van der Waals surface area contributed by atoms with E-state index in [1.807, 2.05) is 6.20 Å². The second-order valence-electron chi connectivity index (χ2n) is 5.55. The van der Waals surface area contributed by atoms with Crippen LogP contribution in [0.1, 0.15) is 51.8 Å². The predicted molar refractivity (Wildman–Crippen MR) is 73.0 cm³/mol. The van der Waals surface area contributed by atoms with Crippen molar-refractivity contribution in [2.45, 2.75) is 66.6 Å². The van der Waals surface area contributed by atoms with Gasteiger partial charge >= 0.3 is 0 Å². The Labute approximate surface area is 106 Å². The van der Waals surface area contributed by atoms with Crippen molar-refractivity contribution in [3.05, 3.63) is 17.5 Å². The molecule has 0 saturated carbocycles. The third-order valence-corrected chi connectivity index (χ3v) is 3.06. The number of rotatable bonds is 7. The van der Waals surface area contributed by atoms with Crippen LogP contribution in [-0.2, 0) is 13.1 Å². The van der Waals surface area contributed by atoms with E-state index in [9.17, 15) is 0 Å². The second-order valence-corrected chi connectivity index (χ2v) is 5.55. The molecule has 3 nitrogen and oxygen atoms in total. The highest BCUT2D eigenvalue weighted by Crippen LogP contribution is 2.10. The molecule has 0 amide bonds. The zero-order valence-corrected chi connectivity index (χ0v) is 12.0. The van der Waals surface area contributed by atoms with E-state index in [-0.39, 0.29) is 0 Å². The molecule has 0 aromatic carbocycles. The maximum atomic E-state index is 4.47. The highest BCUT2D eigenvalue weighted by Gasteiger charge is 2.06. The molecule has 1 aromatic rings. The summed E-state index contributed by atoms with van der Waals surface area (Å²) in [4.78, 5) is 0. The largest absolute Gasteiger partial charge is 0.310 e. The average Bonchev–Trinajstić information content (AvgIpc) is 2.57. The normalized spacial score (nSPS) is 11.7. The van der Waals surface area contributed by atoms with Gasteiger partial charge in [0.2, 0.25) is 0 Å². The van der Waals surface area contributed by atoms with E-state index in [4.69, 9.17) is 0 Å². The highest BCUT2D eigenvalue weighted by atomic mass is 15.3. The average molecular weight is 237 g/mol. The first kappa shape index (κ1) is 14.2. The van der Waals surface area contributed by atoms with Gasteiger partial charge in [-0.05, 0) is 25.7 Å². The Balaban J connectivity index is 2.46. The van der Waals surface area contributed by atoms with Gasteiger partial charge in [-0.3, -0.25) is 4.68 Å². The Kier molecular flexibility index (Phi) is 5.69. The van der Waals surface area contributed by atoms with Crippen molar-refractivity contribution in [1.29, 1.82) is 0 Å². The topological polar surface area (TPSA) is 29.9 Å². The minimum atomic E-state index is 0.527. The Hall–Kier alpha value is -0.830. The molecule has 0 bridgehead atoms. The van der Waals surface area contributed by atoms with E-state index in [0.717, 1.165) is 19.0 Å².